The van der Waals surface area contributed by atoms with Gasteiger partial charge in [-0.15, -0.1) is 0 Å². The van der Waals surface area contributed by atoms with Crippen LogP contribution in [0.3, 0.4) is 0 Å². The molecule has 2 amide bonds. The predicted molar refractivity (Wildman–Crippen MR) is 75.4 cm³/mol. The van der Waals surface area contributed by atoms with Crippen molar-refractivity contribution in [2.24, 2.45) is 5.92 Å². The van der Waals surface area contributed by atoms with Crippen molar-refractivity contribution < 1.29 is 23.9 Å². The first-order chi connectivity index (χ1) is 9.85. The van der Waals surface area contributed by atoms with E-state index in [-0.39, 0.29) is 36.2 Å². The maximum Gasteiger partial charge on any atom is 0.308 e. The Bertz CT molecular complexity index is 397. The van der Waals surface area contributed by atoms with Gasteiger partial charge in [-0.3, -0.25) is 14.4 Å². The van der Waals surface area contributed by atoms with Crippen LogP contribution in [0.15, 0.2) is 0 Å². The lowest BCUT2D eigenvalue weighted by Gasteiger charge is -2.35. The molecule has 1 rings (SSSR count). The Morgan fingerprint density at radius 3 is 2.57 bits per heavy atom. The van der Waals surface area contributed by atoms with Crippen LogP contribution in [0.5, 0.6) is 0 Å². The molecule has 0 aromatic carbocycles. The van der Waals surface area contributed by atoms with E-state index in [1.54, 1.807) is 4.90 Å². The minimum Gasteiger partial charge on any atom is -0.469 e. The fraction of sp³-hybridized carbons (Fsp3) is 0.786. The van der Waals surface area contributed by atoms with Gasteiger partial charge < -0.3 is 19.7 Å². The van der Waals surface area contributed by atoms with Gasteiger partial charge in [0.25, 0.3) is 0 Å². The van der Waals surface area contributed by atoms with E-state index >= 15 is 0 Å². The first kappa shape index (κ1) is 17.4. The van der Waals surface area contributed by atoms with Gasteiger partial charge in [0.2, 0.25) is 11.8 Å². The Hall–Kier alpha value is -1.63. The van der Waals surface area contributed by atoms with Crippen molar-refractivity contribution in [2.75, 3.05) is 26.8 Å². The third-order valence-corrected chi connectivity index (χ3v) is 3.36. The van der Waals surface area contributed by atoms with Crippen molar-refractivity contribution in [2.45, 2.75) is 39.3 Å². The van der Waals surface area contributed by atoms with Gasteiger partial charge in [-0.2, -0.15) is 0 Å². The van der Waals surface area contributed by atoms with E-state index in [2.05, 4.69) is 10.1 Å². The molecule has 0 spiro atoms. The standard InChI is InChI=1S/C14H24N2O5/c1-9(2)13(15-10(3)17)14(19)16-5-6-21-11(8-16)7-12(18)20-4/h9,11,13H,5-8H2,1-4H3,(H,15,17). The fourth-order valence-corrected chi connectivity index (χ4v) is 2.24. The maximum atomic E-state index is 12.5. The molecule has 2 unspecified atom stereocenters. The van der Waals surface area contributed by atoms with Crippen molar-refractivity contribution >= 4 is 17.8 Å². The van der Waals surface area contributed by atoms with E-state index in [0.717, 1.165) is 0 Å². The molecule has 1 saturated heterocycles. The van der Waals surface area contributed by atoms with Gasteiger partial charge in [-0.1, -0.05) is 13.8 Å². The summed E-state index contributed by atoms with van der Waals surface area (Å²) >= 11 is 0. The van der Waals surface area contributed by atoms with Crippen LogP contribution >= 0.6 is 0 Å². The van der Waals surface area contributed by atoms with Gasteiger partial charge in [0.1, 0.15) is 6.04 Å². The van der Waals surface area contributed by atoms with Crippen LogP contribution in [0, 0.1) is 5.92 Å². The number of nitrogens with zero attached hydrogens (tertiary/aromatic N) is 1. The van der Waals surface area contributed by atoms with E-state index in [1.165, 1.54) is 14.0 Å². The van der Waals surface area contributed by atoms with E-state index in [4.69, 9.17) is 4.74 Å². The summed E-state index contributed by atoms with van der Waals surface area (Å²) in [7, 11) is 1.32. The highest BCUT2D eigenvalue weighted by Gasteiger charge is 2.32. The first-order valence-corrected chi connectivity index (χ1v) is 7.09. The van der Waals surface area contributed by atoms with E-state index < -0.39 is 6.04 Å². The Labute approximate surface area is 124 Å². The molecule has 0 bridgehead atoms. The number of nitrogens with one attached hydrogen (secondary N) is 1. The predicted octanol–water partition coefficient (Wildman–Crippen LogP) is -0.0624. The lowest BCUT2D eigenvalue weighted by molar-refractivity contribution is -0.151. The van der Waals surface area contributed by atoms with Gasteiger partial charge in [-0.25, -0.2) is 0 Å². The number of esters is 1. The molecule has 1 heterocycles. The number of morpholine rings is 1. The number of methoxy groups -OCH3 is 1. The molecule has 0 aromatic rings. The van der Waals surface area contributed by atoms with Crippen molar-refractivity contribution in [3.05, 3.63) is 0 Å². The summed E-state index contributed by atoms with van der Waals surface area (Å²) in [4.78, 5) is 36.7. The average molecular weight is 300 g/mol. The van der Waals surface area contributed by atoms with Crippen LogP contribution in [-0.2, 0) is 23.9 Å². The maximum absolute atomic E-state index is 12.5. The molecule has 0 aliphatic carbocycles. The molecule has 2 atom stereocenters. The number of rotatable bonds is 5. The first-order valence-electron chi connectivity index (χ1n) is 7.09. The van der Waals surface area contributed by atoms with Crippen LogP contribution in [-0.4, -0.2) is 61.6 Å². The number of amides is 2. The largest absolute Gasteiger partial charge is 0.469 e. The van der Waals surface area contributed by atoms with Crippen LogP contribution in [0.1, 0.15) is 27.2 Å². The zero-order chi connectivity index (χ0) is 16.0. The molecule has 1 N–H and O–H groups in total. The second kappa shape index (κ2) is 7.97. The Morgan fingerprint density at radius 2 is 2.05 bits per heavy atom. The summed E-state index contributed by atoms with van der Waals surface area (Å²) in [6.07, 6.45) is -0.243. The fourth-order valence-electron chi connectivity index (χ4n) is 2.24. The second-order valence-electron chi connectivity index (χ2n) is 5.48. The molecule has 1 aliphatic heterocycles. The molecule has 7 heteroatoms. The average Bonchev–Trinajstić information content (AvgIpc) is 2.43. The number of carbonyl (C=O) groups excluding carboxylic acids is 3. The van der Waals surface area contributed by atoms with Crippen LogP contribution in [0.25, 0.3) is 0 Å². The molecule has 1 aliphatic rings. The van der Waals surface area contributed by atoms with Gasteiger partial charge in [-0.05, 0) is 5.92 Å². The smallest absolute Gasteiger partial charge is 0.308 e. The summed E-state index contributed by atoms with van der Waals surface area (Å²) in [6, 6.07) is -0.556. The Balaban J connectivity index is 2.67. The highest BCUT2D eigenvalue weighted by molar-refractivity contribution is 5.87. The van der Waals surface area contributed by atoms with E-state index in [1.807, 2.05) is 13.8 Å². The zero-order valence-corrected chi connectivity index (χ0v) is 13.0. The summed E-state index contributed by atoms with van der Waals surface area (Å²) in [5.41, 5.74) is 0. The molecule has 7 nitrogen and oxygen atoms in total. The van der Waals surface area contributed by atoms with Gasteiger partial charge in [0.15, 0.2) is 0 Å². The van der Waals surface area contributed by atoms with Crippen molar-refractivity contribution in [1.29, 1.82) is 0 Å². The van der Waals surface area contributed by atoms with Gasteiger partial charge in [0, 0.05) is 20.0 Å². The van der Waals surface area contributed by atoms with Gasteiger partial charge >= 0.3 is 5.97 Å². The molecule has 0 aromatic heterocycles. The number of carbonyl (C=O) groups is 3. The molecule has 0 saturated carbocycles. The van der Waals surface area contributed by atoms with Gasteiger partial charge in [0.05, 0.1) is 26.2 Å². The van der Waals surface area contributed by atoms with Crippen LogP contribution in [0.2, 0.25) is 0 Å². The van der Waals surface area contributed by atoms with Crippen LogP contribution in [0.4, 0.5) is 0 Å². The second-order valence-corrected chi connectivity index (χ2v) is 5.48. The molecule has 21 heavy (non-hydrogen) atoms. The molecule has 0 radical (unpaired) electrons. The topological polar surface area (TPSA) is 84.9 Å². The normalized spacial score (nSPS) is 20.0. The SMILES string of the molecule is COC(=O)CC1CN(C(=O)C(NC(C)=O)C(C)C)CCO1. The highest BCUT2D eigenvalue weighted by Crippen LogP contribution is 2.13. The lowest BCUT2D eigenvalue weighted by Crippen LogP contribution is -2.55. The zero-order valence-electron chi connectivity index (χ0n) is 13.0. The van der Waals surface area contributed by atoms with E-state index in [0.29, 0.717) is 19.7 Å². The minimum absolute atomic E-state index is 0.0108. The number of hydrogen-bond acceptors (Lipinski definition) is 5. The minimum atomic E-state index is -0.556. The monoisotopic (exact) mass is 300 g/mol. The lowest BCUT2D eigenvalue weighted by atomic mass is 10.0. The molecular weight excluding hydrogens is 276 g/mol. The molecule has 120 valence electrons. The van der Waals surface area contributed by atoms with Crippen molar-refractivity contribution in [3.8, 4) is 0 Å². The quantitative estimate of drug-likeness (QED) is 0.719. The Morgan fingerprint density at radius 1 is 1.38 bits per heavy atom. The highest BCUT2D eigenvalue weighted by atomic mass is 16.5. The summed E-state index contributed by atoms with van der Waals surface area (Å²) in [5, 5.41) is 2.68. The third-order valence-electron chi connectivity index (χ3n) is 3.36. The van der Waals surface area contributed by atoms with Crippen molar-refractivity contribution in [1.82, 2.24) is 10.2 Å². The summed E-state index contributed by atoms with van der Waals surface area (Å²) < 4.78 is 10.1. The summed E-state index contributed by atoms with van der Waals surface area (Å²) in [6.45, 7) is 6.31. The van der Waals surface area contributed by atoms with Crippen molar-refractivity contribution in [3.63, 3.8) is 0 Å². The van der Waals surface area contributed by atoms with Crippen LogP contribution < -0.4 is 5.32 Å². The number of ether oxygens (including phenoxy) is 2. The molecular formula is C14H24N2O5. The number of hydrogen-bond donors (Lipinski definition) is 1. The third kappa shape index (κ3) is 5.34. The van der Waals surface area contributed by atoms with E-state index in [9.17, 15) is 14.4 Å². The molecule has 1 fully saturated rings. The summed E-state index contributed by atoms with van der Waals surface area (Å²) in [5.74, 6) is -0.750. The Kier molecular flexibility index (Phi) is 6.61.